The molecule has 0 amide bonds. The molecule has 1 aromatic heterocycles. The molecule has 4 nitrogen and oxygen atoms in total. The minimum absolute atomic E-state index is 0.154. The van der Waals surface area contributed by atoms with Crippen LogP contribution >= 0.6 is 0 Å². The summed E-state index contributed by atoms with van der Waals surface area (Å²) in [5, 5.41) is 1.04. The average molecular weight is 281 g/mol. The third-order valence-corrected chi connectivity index (χ3v) is 3.03. The average Bonchev–Trinajstić information content (AvgIpc) is 2.46. The summed E-state index contributed by atoms with van der Waals surface area (Å²) in [5.74, 6) is 5.52. The second kappa shape index (κ2) is 7.23. The van der Waals surface area contributed by atoms with Gasteiger partial charge in [0.2, 0.25) is 0 Å². The van der Waals surface area contributed by atoms with E-state index in [4.69, 9.17) is 10.6 Å². The van der Waals surface area contributed by atoms with Crippen molar-refractivity contribution < 1.29 is 13.5 Å². The van der Waals surface area contributed by atoms with Crippen molar-refractivity contribution in [3.63, 3.8) is 0 Å². The number of nitrogens with two attached hydrogens (primary N) is 1. The minimum Gasteiger partial charge on any atom is -0.375 e. The van der Waals surface area contributed by atoms with E-state index in [1.807, 2.05) is 30.3 Å². The molecule has 1 aromatic carbocycles. The number of hydrogen-bond acceptors (Lipinski definition) is 4. The van der Waals surface area contributed by atoms with Crippen molar-refractivity contribution in [2.45, 2.75) is 18.9 Å². The van der Waals surface area contributed by atoms with E-state index >= 15 is 0 Å². The summed E-state index contributed by atoms with van der Waals surface area (Å²) in [6, 6.07) is 9.54. The number of alkyl halides is 2. The van der Waals surface area contributed by atoms with Crippen molar-refractivity contribution in [3.8, 4) is 0 Å². The number of halogens is 2. The number of benzene rings is 1. The van der Waals surface area contributed by atoms with Gasteiger partial charge in [0.05, 0.1) is 5.52 Å². The van der Waals surface area contributed by atoms with Crippen LogP contribution in [-0.2, 0) is 4.74 Å². The molecular weight excluding hydrogens is 264 g/mol. The Morgan fingerprint density at radius 3 is 2.90 bits per heavy atom. The van der Waals surface area contributed by atoms with Crippen LogP contribution in [0.5, 0.6) is 0 Å². The Hall–Kier alpha value is -1.63. The van der Waals surface area contributed by atoms with Crippen molar-refractivity contribution in [2.75, 3.05) is 13.2 Å². The fraction of sp³-hybridized carbons (Fsp3) is 0.357. The molecule has 108 valence electrons. The molecule has 20 heavy (non-hydrogen) atoms. The van der Waals surface area contributed by atoms with E-state index in [-0.39, 0.29) is 12.6 Å². The van der Waals surface area contributed by atoms with Crippen LogP contribution in [0, 0.1) is 0 Å². The molecule has 0 radical (unpaired) electrons. The molecule has 1 atom stereocenters. The minimum atomic E-state index is -2.44. The number of fused-ring (bicyclic) bond motifs is 1. The predicted octanol–water partition coefficient (Wildman–Crippen LogP) is 2.41. The van der Waals surface area contributed by atoms with Gasteiger partial charge in [0.1, 0.15) is 6.61 Å². The number of nitrogens with zero attached hydrogens (tertiary/aromatic N) is 1. The molecule has 1 unspecified atom stereocenters. The maximum atomic E-state index is 12.0. The molecule has 0 aliphatic carbocycles. The first-order chi connectivity index (χ1) is 9.70. The number of hydrazine groups is 1. The van der Waals surface area contributed by atoms with Gasteiger partial charge in [0, 0.05) is 24.2 Å². The second-order valence-electron chi connectivity index (χ2n) is 4.43. The van der Waals surface area contributed by atoms with Crippen molar-refractivity contribution >= 4 is 10.9 Å². The van der Waals surface area contributed by atoms with Crippen LogP contribution in [-0.4, -0.2) is 24.6 Å². The summed E-state index contributed by atoms with van der Waals surface area (Å²) in [5.41, 5.74) is 4.51. The molecule has 0 bridgehead atoms. The highest BCUT2D eigenvalue weighted by Crippen LogP contribution is 2.20. The van der Waals surface area contributed by atoms with Gasteiger partial charge in [-0.25, -0.2) is 8.78 Å². The van der Waals surface area contributed by atoms with Gasteiger partial charge in [-0.1, -0.05) is 18.2 Å². The Kier molecular flexibility index (Phi) is 5.34. The van der Waals surface area contributed by atoms with Gasteiger partial charge < -0.3 is 4.74 Å². The normalized spacial score (nSPS) is 13.0. The molecule has 0 saturated carbocycles. The van der Waals surface area contributed by atoms with Gasteiger partial charge in [0.15, 0.2) is 0 Å². The highest BCUT2D eigenvalue weighted by atomic mass is 19.3. The molecule has 0 aliphatic rings. The molecule has 1 heterocycles. The molecule has 2 aromatic rings. The van der Waals surface area contributed by atoms with Crippen LogP contribution in [0.3, 0.4) is 0 Å². The summed E-state index contributed by atoms with van der Waals surface area (Å²) in [7, 11) is 0. The zero-order valence-corrected chi connectivity index (χ0v) is 10.9. The summed E-state index contributed by atoms with van der Waals surface area (Å²) in [6.45, 7) is -0.323. The number of hydrogen-bond donors (Lipinski definition) is 2. The van der Waals surface area contributed by atoms with E-state index in [0.29, 0.717) is 6.42 Å². The highest BCUT2D eigenvalue weighted by Gasteiger charge is 2.11. The van der Waals surface area contributed by atoms with Gasteiger partial charge in [-0.2, -0.15) is 0 Å². The third kappa shape index (κ3) is 3.93. The summed E-state index contributed by atoms with van der Waals surface area (Å²) in [4.78, 5) is 4.28. The van der Waals surface area contributed by atoms with Crippen LogP contribution in [0.1, 0.15) is 18.0 Å². The summed E-state index contributed by atoms with van der Waals surface area (Å²) in [6.07, 6.45) is -0.200. The lowest BCUT2D eigenvalue weighted by atomic mass is 10.0. The van der Waals surface area contributed by atoms with Crippen LogP contribution < -0.4 is 11.3 Å². The number of pyridine rings is 1. The van der Waals surface area contributed by atoms with E-state index in [2.05, 4.69) is 10.4 Å². The third-order valence-electron chi connectivity index (χ3n) is 3.03. The molecule has 6 heteroatoms. The van der Waals surface area contributed by atoms with Crippen molar-refractivity contribution in [1.82, 2.24) is 10.4 Å². The number of nitrogens with one attached hydrogen (secondary N) is 1. The van der Waals surface area contributed by atoms with Crippen LogP contribution in [0.2, 0.25) is 0 Å². The summed E-state index contributed by atoms with van der Waals surface area (Å²) < 4.78 is 28.8. The molecule has 0 fully saturated rings. The van der Waals surface area contributed by atoms with E-state index in [0.717, 1.165) is 16.5 Å². The Labute approximate surface area is 115 Å². The van der Waals surface area contributed by atoms with E-state index in [1.54, 1.807) is 6.20 Å². The SMILES string of the molecule is NNC(CCOCC(F)F)c1ccc2cccnc2c1. The molecule has 0 spiro atoms. The topological polar surface area (TPSA) is 60.2 Å². The number of rotatable bonds is 7. The first kappa shape index (κ1) is 14.8. The van der Waals surface area contributed by atoms with Crippen LogP contribution in [0.15, 0.2) is 36.5 Å². The predicted molar refractivity (Wildman–Crippen MR) is 73.2 cm³/mol. The first-order valence-corrected chi connectivity index (χ1v) is 6.37. The van der Waals surface area contributed by atoms with Gasteiger partial charge in [-0.3, -0.25) is 16.3 Å². The summed E-state index contributed by atoms with van der Waals surface area (Å²) >= 11 is 0. The van der Waals surface area contributed by atoms with Crippen molar-refractivity contribution in [3.05, 3.63) is 42.1 Å². The Morgan fingerprint density at radius 2 is 2.15 bits per heavy atom. The zero-order chi connectivity index (χ0) is 14.4. The largest absolute Gasteiger partial charge is 0.375 e. The standard InChI is InChI=1S/C14H17F2N3O/c15-14(16)9-20-7-5-12(19-17)11-4-3-10-2-1-6-18-13(10)8-11/h1-4,6,8,12,14,19H,5,7,9,17H2. The van der Waals surface area contributed by atoms with Gasteiger partial charge in [-0.05, 0) is 24.1 Å². The van der Waals surface area contributed by atoms with Crippen LogP contribution in [0.25, 0.3) is 10.9 Å². The Balaban J connectivity index is 2.01. The van der Waals surface area contributed by atoms with E-state index in [1.165, 1.54) is 0 Å². The zero-order valence-electron chi connectivity index (χ0n) is 10.9. The monoisotopic (exact) mass is 281 g/mol. The number of aromatic nitrogens is 1. The maximum Gasteiger partial charge on any atom is 0.261 e. The highest BCUT2D eigenvalue weighted by molar-refractivity contribution is 5.78. The van der Waals surface area contributed by atoms with E-state index in [9.17, 15) is 8.78 Å². The Morgan fingerprint density at radius 1 is 1.30 bits per heavy atom. The fourth-order valence-corrected chi connectivity index (χ4v) is 2.02. The smallest absolute Gasteiger partial charge is 0.261 e. The lowest BCUT2D eigenvalue weighted by molar-refractivity contribution is 0.0143. The molecule has 3 N–H and O–H groups in total. The molecule has 2 rings (SSSR count). The van der Waals surface area contributed by atoms with Gasteiger partial charge in [0.25, 0.3) is 6.43 Å². The lowest BCUT2D eigenvalue weighted by Crippen LogP contribution is -2.29. The number of ether oxygens (including phenoxy) is 1. The second-order valence-corrected chi connectivity index (χ2v) is 4.43. The van der Waals surface area contributed by atoms with Crippen molar-refractivity contribution in [1.29, 1.82) is 0 Å². The lowest BCUT2D eigenvalue weighted by Gasteiger charge is -2.16. The Bertz CT molecular complexity index is 551. The fourth-order valence-electron chi connectivity index (χ4n) is 2.02. The molecule has 0 aliphatic heterocycles. The van der Waals surface area contributed by atoms with Gasteiger partial charge in [-0.15, -0.1) is 0 Å². The van der Waals surface area contributed by atoms with Crippen LogP contribution in [0.4, 0.5) is 8.78 Å². The molecule has 0 saturated heterocycles. The van der Waals surface area contributed by atoms with E-state index < -0.39 is 13.0 Å². The quantitative estimate of drug-likeness (QED) is 0.465. The van der Waals surface area contributed by atoms with Crippen molar-refractivity contribution in [2.24, 2.45) is 5.84 Å². The molecular formula is C14H17F2N3O. The first-order valence-electron chi connectivity index (χ1n) is 6.37. The van der Waals surface area contributed by atoms with Gasteiger partial charge >= 0.3 is 0 Å². The maximum absolute atomic E-state index is 12.0.